The quantitative estimate of drug-likeness (QED) is 0.742. The van der Waals surface area contributed by atoms with Crippen molar-refractivity contribution >= 4 is 11.9 Å². The zero-order valence-electron chi connectivity index (χ0n) is 13.9. The van der Waals surface area contributed by atoms with Crippen LogP contribution in [0, 0.1) is 0 Å². The molecule has 0 bridgehead atoms. The van der Waals surface area contributed by atoms with Gasteiger partial charge in [0, 0.05) is 19.6 Å². The minimum absolute atomic E-state index is 0.0756. The molecule has 0 aliphatic carbocycles. The fourth-order valence-electron chi connectivity index (χ4n) is 3.30. The second-order valence-electron chi connectivity index (χ2n) is 6.24. The number of imidazole rings is 1. The average Bonchev–Trinajstić information content (AvgIpc) is 3.13. The predicted octanol–water partition coefficient (Wildman–Crippen LogP) is 1.72. The zero-order valence-corrected chi connectivity index (χ0v) is 13.9. The molecule has 25 heavy (non-hydrogen) atoms. The number of rotatable bonds is 6. The van der Waals surface area contributed by atoms with E-state index in [1.54, 1.807) is 0 Å². The number of benzene rings is 1. The number of carbonyl (C=O) groups is 2. The number of nitrogens with zero attached hydrogens (tertiary/aromatic N) is 2. The summed E-state index contributed by atoms with van der Waals surface area (Å²) in [5, 5.41) is 11.8. The molecule has 0 radical (unpaired) electrons. The number of carboxylic acid groups (broad SMARTS) is 1. The molecule has 1 saturated heterocycles. The maximum Gasteiger partial charge on any atom is 0.354 e. The first-order valence-electron chi connectivity index (χ1n) is 8.47. The fourth-order valence-corrected chi connectivity index (χ4v) is 3.30. The molecule has 1 aliphatic rings. The number of carboxylic acids is 1. The van der Waals surface area contributed by atoms with E-state index in [0.717, 1.165) is 26.1 Å². The Balaban J connectivity index is 1.49. The molecule has 1 fully saturated rings. The van der Waals surface area contributed by atoms with Crippen molar-refractivity contribution in [1.82, 2.24) is 20.2 Å². The van der Waals surface area contributed by atoms with Crippen LogP contribution in [0.15, 0.2) is 36.7 Å². The Morgan fingerprint density at radius 2 is 2.12 bits per heavy atom. The van der Waals surface area contributed by atoms with E-state index in [9.17, 15) is 9.59 Å². The number of hydrogen-bond donors (Lipinski definition) is 3. The van der Waals surface area contributed by atoms with E-state index >= 15 is 0 Å². The first-order chi connectivity index (χ1) is 12.1. The van der Waals surface area contributed by atoms with Gasteiger partial charge in [-0.15, -0.1) is 0 Å². The lowest BCUT2D eigenvalue weighted by atomic mass is 9.91. The number of hydrogen-bond acceptors (Lipinski definition) is 4. The van der Waals surface area contributed by atoms with Crippen LogP contribution in [0.3, 0.4) is 0 Å². The smallest absolute Gasteiger partial charge is 0.354 e. The highest BCUT2D eigenvalue weighted by atomic mass is 16.4. The van der Waals surface area contributed by atoms with Gasteiger partial charge in [-0.2, -0.15) is 0 Å². The molecule has 2 aromatic rings. The second kappa shape index (κ2) is 7.94. The molecule has 2 heterocycles. The van der Waals surface area contributed by atoms with E-state index in [0.29, 0.717) is 12.5 Å². The van der Waals surface area contributed by atoms with E-state index in [1.807, 2.05) is 6.07 Å². The van der Waals surface area contributed by atoms with Gasteiger partial charge in [0.05, 0.1) is 6.33 Å². The Bertz CT molecular complexity index is 729. The first-order valence-corrected chi connectivity index (χ1v) is 8.47. The highest BCUT2D eigenvalue weighted by molar-refractivity contribution is 6.02. The van der Waals surface area contributed by atoms with Crippen molar-refractivity contribution in [3.8, 4) is 0 Å². The number of aromatic nitrogens is 2. The molecule has 0 saturated carbocycles. The number of aromatic amines is 1. The third-order valence-corrected chi connectivity index (χ3v) is 4.56. The molecule has 1 aliphatic heterocycles. The largest absolute Gasteiger partial charge is 0.477 e. The summed E-state index contributed by atoms with van der Waals surface area (Å²) in [6.07, 6.45) is 3.53. The topological polar surface area (TPSA) is 98.3 Å². The van der Waals surface area contributed by atoms with Gasteiger partial charge in [-0.05, 0) is 30.9 Å². The van der Waals surface area contributed by atoms with Gasteiger partial charge in [0.25, 0.3) is 5.91 Å². The molecule has 7 nitrogen and oxygen atoms in total. The third kappa shape index (κ3) is 4.24. The van der Waals surface area contributed by atoms with Crippen LogP contribution in [0.25, 0.3) is 0 Å². The van der Waals surface area contributed by atoms with Gasteiger partial charge in [-0.1, -0.05) is 30.3 Å². The van der Waals surface area contributed by atoms with Gasteiger partial charge in [-0.3, -0.25) is 4.79 Å². The number of H-pyrrole nitrogens is 1. The summed E-state index contributed by atoms with van der Waals surface area (Å²) in [5.41, 5.74) is 1.10. The van der Waals surface area contributed by atoms with Crippen LogP contribution >= 0.6 is 0 Å². The number of aromatic carboxylic acids is 1. The summed E-state index contributed by atoms with van der Waals surface area (Å²) in [4.78, 5) is 31.7. The molecule has 3 rings (SSSR count). The molecule has 1 amide bonds. The van der Waals surface area contributed by atoms with E-state index in [1.165, 1.54) is 18.3 Å². The van der Waals surface area contributed by atoms with Crippen LogP contribution in [-0.2, 0) is 0 Å². The van der Waals surface area contributed by atoms with Crippen molar-refractivity contribution in [2.75, 3.05) is 26.2 Å². The highest BCUT2D eigenvalue weighted by Crippen LogP contribution is 2.26. The maximum absolute atomic E-state index is 12.1. The number of carbonyl (C=O) groups excluding carboxylic acids is 1. The molecule has 7 heteroatoms. The monoisotopic (exact) mass is 342 g/mol. The summed E-state index contributed by atoms with van der Waals surface area (Å²) < 4.78 is 0. The summed E-state index contributed by atoms with van der Waals surface area (Å²) >= 11 is 0. The standard InChI is InChI=1S/C18H22N4O3/c23-17(15-16(18(24)25)21-12-20-15)19-8-10-22-9-4-7-14(11-22)13-5-2-1-3-6-13/h1-3,5-6,12,14H,4,7-11H2,(H,19,23)(H,20,21)(H,24,25). The third-order valence-electron chi connectivity index (χ3n) is 4.56. The van der Waals surface area contributed by atoms with Crippen LogP contribution in [-0.4, -0.2) is 58.0 Å². The summed E-state index contributed by atoms with van der Waals surface area (Å²) in [7, 11) is 0. The summed E-state index contributed by atoms with van der Waals surface area (Å²) in [6, 6.07) is 10.5. The number of likely N-dealkylation sites (tertiary alicyclic amines) is 1. The molecule has 1 unspecified atom stereocenters. The molecule has 132 valence electrons. The van der Waals surface area contributed by atoms with Gasteiger partial charge < -0.3 is 20.3 Å². The Morgan fingerprint density at radius 1 is 1.32 bits per heavy atom. The van der Waals surface area contributed by atoms with Crippen molar-refractivity contribution < 1.29 is 14.7 Å². The molecule has 1 atom stereocenters. The molecule has 1 aromatic heterocycles. The molecular formula is C18H22N4O3. The fraction of sp³-hybridized carbons (Fsp3) is 0.389. The van der Waals surface area contributed by atoms with Crippen LogP contribution in [0.1, 0.15) is 45.3 Å². The van der Waals surface area contributed by atoms with E-state index in [2.05, 4.69) is 44.5 Å². The van der Waals surface area contributed by atoms with Crippen molar-refractivity contribution in [1.29, 1.82) is 0 Å². The SMILES string of the molecule is O=C(NCCN1CCCC(c2ccccc2)C1)c1nc[nH]c1C(=O)O. The van der Waals surface area contributed by atoms with Gasteiger partial charge in [0.15, 0.2) is 11.4 Å². The highest BCUT2D eigenvalue weighted by Gasteiger charge is 2.22. The average molecular weight is 342 g/mol. The molecule has 0 spiro atoms. The molecule has 3 N–H and O–H groups in total. The second-order valence-corrected chi connectivity index (χ2v) is 6.24. The van der Waals surface area contributed by atoms with Gasteiger partial charge >= 0.3 is 5.97 Å². The van der Waals surface area contributed by atoms with E-state index < -0.39 is 11.9 Å². The first kappa shape index (κ1) is 17.2. The van der Waals surface area contributed by atoms with Crippen LogP contribution in [0.4, 0.5) is 0 Å². The van der Waals surface area contributed by atoms with Crippen molar-refractivity contribution in [2.24, 2.45) is 0 Å². The van der Waals surface area contributed by atoms with Crippen molar-refractivity contribution in [2.45, 2.75) is 18.8 Å². The Labute approximate surface area is 146 Å². The van der Waals surface area contributed by atoms with Crippen LogP contribution in [0.2, 0.25) is 0 Å². The minimum atomic E-state index is -1.19. The summed E-state index contributed by atoms with van der Waals surface area (Å²) in [5.74, 6) is -1.13. The zero-order chi connectivity index (χ0) is 17.6. The van der Waals surface area contributed by atoms with E-state index in [4.69, 9.17) is 5.11 Å². The summed E-state index contributed by atoms with van der Waals surface area (Å²) in [6.45, 7) is 3.19. The maximum atomic E-state index is 12.1. The lowest BCUT2D eigenvalue weighted by Gasteiger charge is -2.33. The van der Waals surface area contributed by atoms with Crippen LogP contribution < -0.4 is 5.32 Å². The lowest BCUT2D eigenvalue weighted by Crippen LogP contribution is -2.40. The van der Waals surface area contributed by atoms with Gasteiger partial charge in [-0.25, -0.2) is 9.78 Å². The lowest BCUT2D eigenvalue weighted by molar-refractivity contribution is 0.0684. The normalized spacial score (nSPS) is 18.0. The number of piperidine rings is 1. The van der Waals surface area contributed by atoms with Crippen molar-refractivity contribution in [3.63, 3.8) is 0 Å². The predicted molar refractivity (Wildman–Crippen MR) is 92.7 cm³/mol. The number of amides is 1. The minimum Gasteiger partial charge on any atom is -0.477 e. The Hall–Kier alpha value is -2.67. The Morgan fingerprint density at radius 3 is 2.88 bits per heavy atom. The molecule has 1 aromatic carbocycles. The molecular weight excluding hydrogens is 320 g/mol. The van der Waals surface area contributed by atoms with Gasteiger partial charge in [0.1, 0.15) is 0 Å². The number of nitrogens with one attached hydrogen (secondary N) is 2. The van der Waals surface area contributed by atoms with Crippen LogP contribution in [0.5, 0.6) is 0 Å². The van der Waals surface area contributed by atoms with E-state index in [-0.39, 0.29) is 11.4 Å². The Kier molecular flexibility index (Phi) is 5.45. The van der Waals surface area contributed by atoms with Crippen molar-refractivity contribution in [3.05, 3.63) is 53.6 Å². The van der Waals surface area contributed by atoms with Gasteiger partial charge in [0.2, 0.25) is 0 Å².